The van der Waals surface area contributed by atoms with Crippen molar-refractivity contribution in [2.75, 3.05) is 0 Å². The Morgan fingerprint density at radius 3 is 2.38 bits per heavy atom. The van der Waals surface area contributed by atoms with Gasteiger partial charge in [0.2, 0.25) is 5.91 Å². The Morgan fingerprint density at radius 1 is 1.10 bits per heavy atom. The molecule has 3 rings (SSSR count). The number of ether oxygens (including phenoxy) is 1. The van der Waals surface area contributed by atoms with E-state index in [0.29, 0.717) is 5.56 Å². The number of amides is 2. The van der Waals surface area contributed by atoms with Crippen molar-refractivity contribution in [3.05, 3.63) is 71.0 Å². The molecule has 0 unspecified atom stereocenters. The average molecular weight is 398 g/mol. The summed E-state index contributed by atoms with van der Waals surface area (Å²) in [6, 6.07) is 12.6. The van der Waals surface area contributed by atoms with E-state index in [4.69, 9.17) is 4.74 Å². The maximum atomic E-state index is 13.4. The second-order valence-corrected chi connectivity index (χ2v) is 8.44. The first-order valence-corrected chi connectivity index (χ1v) is 9.77. The molecule has 0 saturated carbocycles. The molecule has 29 heavy (non-hydrogen) atoms. The molecule has 0 radical (unpaired) electrons. The lowest BCUT2D eigenvalue weighted by Crippen LogP contribution is -2.46. The monoisotopic (exact) mass is 398 g/mol. The summed E-state index contributed by atoms with van der Waals surface area (Å²) in [7, 11) is 0. The summed E-state index contributed by atoms with van der Waals surface area (Å²) < 4.78 is 18.7. The first-order valence-electron chi connectivity index (χ1n) is 9.77. The summed E-state index contributed by atoms with van der Waals surface area (Å²) >= 11 is 0. The summed E-state index contributed by atoms with van der Waals surface area (Å²) in [4.78, 5) is 25.4. The van der Waals surface area contributed by atoms with Gasteiger partial charge < -0.3 is 15.4 Å². The van der Waals surface area contributed by atoms with E-state index in [-0.39, 0.29) is 17.9 Å². The molecular weight excluding hydrogens is 371 g/mol. The van der Waals surface area contributed by atoms with Crippen LogP contribution in [0.4, 0.5) is 9.18 Å². The predicted octanol–water partition coefficient (Wildman–Crippen LogP) is 4.24. The second-order valence-electron chi connectivity index (χ2n) is 8.44. The minimum absolute atomic E-state index is 0.0803. The van der Waals surface area contributed by atoms with Crippen LogP contribution in [0.15, 0.2) is 48.5 Å². The molecule has 154 valence electrons. The third-order valence-corrected chi connectivity index (χ3v) is 5.04. The Balaban J connectivity index is 1.77. The summed E-state index contributed by atoms with van der Waals surface area (Å²) in [6.07, 6.45) is 0.0239. The Hall–Kier alpha value is -2.89. The molecule has 0 aliphatic heterocycles. The molecule has 0 saturated heterocycles. The molecule has 0 fully saturated rings. The van der Waals surface area contributed by atoms with E-state index < -0.39 is 23.6 Å². The Kier molecular flexibility index (Phi) is 5.91. The van der Waals surface area contributed by atoms with Gasteiger partial charge in [0.05, 0.1) is 0 Å². The van der Waals surface area contributed by atoms with Crippen LogP contribution in [0.5, 0.6) is 0 Å². The van der Waals surface area contributed by atoms with Gasteiger partial charge in [0.1, 0.15) is 17.5 Å². The van der Waals surface area contributed by atoms with Crippen molar-refractivity contribution in [1.82, 2.24) is 10.6 Å². The number of fused-ring (bicyclic) bond motifs is 1. The minimum Gasteiger partial charge on any atom is -0.444 e. The molecule has 0 heterocycles. The van der Waals surface area contributed by atoms with Crippen LogP contribution in [0.25, 0.3) is 0 Å². The fourth-order valence-corrected chi connectivity index (χ4v) is 3.62. The van der Waals surface area contributed by atoms with Gasteiger partial charge in [-0.2, -0.15) is 0 Å². The van der Waals surface area contributed by atoms with Gasteiger partial charge in [-0.15, -0.1) is 0 Å². The summed E-state index contributed by atoms with van der Waals surface area (Å²) in [5.41, 5.74) is 2.22. The molecule has 5 nitrogen and oxygen atoms in total. The van der Waals surface area contributed by atoms with Gasteiger partial charge in [0.15, 0.2) is 0 Å². The van der Waals surface area contributed by atoms with Crippen LogP contribution in [0.2, 0.25) is 0 Å². The van der Waals surface area contributed by atoms with Gasteiger partial charge >= 0.3 is 6.09 Å². The molecule has 0 aromatic heterocycles. The standard InChI is InChI=1S/C23H27FN2O3/c1-14-18-8-6-5-7-16(18)13-19(14)25-21(27)20(15-9-11-17(24)12-10-15)26-22(28)29-23(2,3)4/h5-12,14,19-20H,13H2,1-4H3,(H,25,27)(H,26,28)/t14-,19-,20-/m0/s1. The van der Waals surface area contributed by atoms with Crippen LogP contribution >= 0.6 is 0 Å². The number of carbonyl (C=O) groups excluding carboxylic acids is 2. The highest BCUT2D eigenvalue weighted by atomic mass is 19.1. The van der Waals surface area contributed by atoms with Gasteiger partial charge in [-0.25, -0.2) is 9.18 Å². The molecule has 2 aromatic carbocycles. The second kappa shape index (κ2) is 8.23. The minimum atomic E-state index is -0.985. The third kappa shape index (κ3) is 5.13. The Bertz CT molecular complexity index is 890. The number of hydrogen-bond donors (Lipinski definition) is 2. The molecule has 6 heteroatoms. The van der Waals surface area contributed by atoms with E-state index in [0.717, 1.165) is 6.42 Å². The van der Waals surface area contributed by atoms with E-state index in [1.54, 1.807) is 20.8 Å². The van der Waals surface area contributed by atoms with Crippen molar-refractivity contribution in [3.63, 3.8) is 0 Å². The first-order chi connectivity index (χ1) is 13.6. The lowest BCUT2D eigenvalue weighted by Gasteiger charge is -2.25. The normalized spacial score (nSPS) is 19.2. The number of hydrogen-bond acceptors (Lipinski definition) is 3. The quantitative estimate of drug-likeness (QED) is 0.810. The molecule has 2 aromatic rings. The van der Waals surface area contributed by atoms with Crippen molar-refractivity contribution in [1.29, 1.82) is 0 Å². The molecule has 1 aliphatic carbocycles. The van der Waals surface area contributed by atoms with Crippen LogP contribution < -0.4 is 10.6 Å². The van der Waals surface area contributed by atoms with Gasteiger partial charge in [-0.1, -0.05) is 43.3 Å². The highest BCUT2D eigenvalue weighted by Gasteiger charge is 2.33. The van der Waals surface area contributed by atoms with Crippen molar-refractivity contribution in [3.8, 4) is 0 Å². The van der Waals surface area contributed by atoms with E-state index in [1.807, 2.05) is 12.1 Å². The molecule has 0 bridgehead atoms. The Morgan fingerprint density at radius 2 is 1.76 bits per heavy atom. The number of halogens is 1. The highest BCUT2D eigenvalue weighted by Crippen LogP contribution is 2.33. The van der Waals surface area contributed by atoms with Gasteiger partial charge in [-0.05, 0) is 56.0 Å². The SMILES string of the molecule is C[C@H]1c2ccccc2C[C@@H]1NC(=O)[C@@H](NC(=O)OC(C)(C)C)c1ccc(F)cc1. The maximum absolute atomic E-state index is 13.4. The van der Waals surface area contributed by atoms with Crippen molar-refractivity contribution >= 4 is 12.0 Å². The van der Waals surface area contributed by atoms with E-state index >= 15 is 0 Å². The molecule has 2 N–H and O–H groups in total. The zero-order valence-electron chi connectivity index (χ0n) is 17.2. The highest BCUT2D eigenvalue weighted by molar-refractivity contribution is 5.87. The fraction of sp³-hybridized carbons (Fsp3) is 0.391. The van der Waals surface area contributed by atoms with Gasteiger partial charge in [0.25, 0.3) is 0 Å². The predicted molar refractivity (Wildman–Crippen MR) is 109 cm³/mol. The van der Waals surface area contributed by atoms with Crippen LogP contribution in [-0.2, 0) is 16.0 Å². The lowest BCUT2D eigenvalue weighted by atomic mass is 10.00. The fourth-order valence-electron chi connectivity index (χ4n) is 3.62. The average Bonchev–Trinajstić information content (AvgIpc) is 2.95. The summed E-state index contributed by atoms with van der Waals surface area (Å²) in [5, 5.41) is 5.68. The van der Waals surface area contributed by atoms with Crippen LogP contribution in [-0.4, -0.2) is 23.6 Å². The number of nitrogens with one attached hydrogen (secondary N) is 2. The van der Waals surface area contributed by atoms with Crippen LogP contribution in [0.3, 0.4) is 0 Å². The number of benzene rings is 2. The number of alkyl carbamates (subject to hydrolysis) is 1. The third-order valence-electron chi connectivity index (χ3n) is 5.04. The lowest BCUT2D eigenvalue weighted by molar-refractivity contribution is -0.124. The topological polar surface area (TPSA) is 67.4 Å². The zero-order valence-corrected chi connectivity index (χ0v) is 17.2. The molecular formula is C23H27FN2O3. The Labute approximate surface area is 170 Å². The van der Waals surface area contributed by atoms with Crippen molar-refractivity contribution in [2.45, 2.75) is 57.7 Å². The number of carbonyl (C=O) groups is 2. The maximum Gasteiger partial charge on any atom is 0.408 e. The van der Waals surface area contributed by atoms with E-state index in [1.165, 1.54) is 35.4 Å². The van der Waals surface area contributed by atoms with Crippen LogP contribution in [0.1, 0.15) is 56.3 Å². The van der Waals surface area contributed by atoms with Crippen molar-refractivity contribution in [2.24, 2.45) is 0 Å². The smallest absolute Gasteiger partial charge is 0.408 e. The zero-order chi connectivity index (χ0) is 21.2. The van der Waals surface area contributed by atoms with Gasteiger partial charge in [-0.3, -0.25) is 4.79 Å². The molecule has 2 amide bonds. The molecule has 3 atom stereocenters. The van der Waals surface area contributed by atoms with E-state index in [9.17, 15) is 14.0 Å². The number of rotatable bonds is 4. The van der Waals surface area contributed by atoms with Crippen molar-refractivity contribution < 1.29 is 18.7 Å². The summed E-state index contributed by atoms with van der Waals surface area (Å²) in [6.45, 7) is 7.32. The van der Waals surface area contributed by atoms with Gasteiger partial charge in [0, 0.05) is 12.0 Å². The summed E-state index contributed by atoms with van der Waals surface area (Å²) in [5.74, 6) is -0.609. The van der Waals surface area contributed by atoms with Crippen LogP contribution in [0, 0.1) is 5.82 Å². The molecule has 1 aliphatic rings. The first kappa shape index (κ1) is 20.8. The van der Waals surface area contributed by atoms with E-state index in [2.05, 4.69) is 29.7 Å². The largest absolute Gasteiger partial charge is 0.444 e. The molecule has 0 spiro atoms.